The molecule has 0 saturated carbocycles. The van der Waals surface area contributed by atoms with E-state index in [9.17, 15) is 4.79 Å². The molecule has 0 unspecified atom stereocenters. The van der Waals surface area contributed by atoms with Crippen LogP contribution in [0.3, 0.4) is 0 Å². The number of carbonyl (C=O) groups is 1. The Balaban J connectivity index is 2.31. The normalized spacial score (nSPS) is 10.2. The molecule has 0 atom stereocenters. The maximum absolute atomic E-state index is 12.2. The van der Waals surface area contributed by atoms with Gasteiger partial charge in [0, 0.05) is 17.8 Å². The van der Waals surface area contributed by atoms with Gasteiger partial charge < -0.3 is 4.90 Å². The van der Waals surface area contributed by atoms with E-state index in [0.717, 1.165) is 5.69 Å². The van der Waals surface area contributed by atoms with Gasteiger partial charge in [-0.3, -0.25) is 4.79 Å². The summed E-state index contributed by atoms with van der Waals surface area (Å²) < 4.78 is 0. The Morgan fingerprint density at radius 1 is 1.17 bits per heavy atom. The van der Waals surface area contributed by atoms with Crippen LogP contribution >= 0.6 is 23.2 Å². The molecule has 1 aromatic carbocycles. The third-order valence-corrected chi connectivity index (χ3v) is 2.84. The van der Waals surface area contributed by atoms with Gasteiger partial charge in [-0.1, -0.05) is 41.4 Å². The highest BCUT2D eigenvalue weighted by molar-refractivity contribution is 6.34. The van der Waals surface area contributed by atoms with Crippen LogP contribution in [-0.2, 0) is 0 Å². The Morgan fingerprint density at radius 3 is 2.44 bits per heavy atom. The molecule has 1 amide bonds. The number of anilines is 1. The maximum atomic E-state index is 12.2. The molecule has 0 bridgehead atoms. The van der Waals surface area contributed by atoms with Gasteiger partial charge in [-0.2, -0.15) is 0 Å². The van der Waals surface area contributed by atoms with Gasteiger partial charge in [-0.05, 0) is 24.3 Å². The highest BCUT2D eigenvalue weighted by atomic mass is 35.5. The number of hydrogen-bond acceptors (Lipinski definition) is 2. The summed E-state index contributed by atoms with van der Waals surface area (Å²) in [5.74, 6) is -0.259. The summed E-state index contributed by atoms with van der Waals surface area (Å²) >= 11 is 11.6. The number of hydrogen-bond donors (Lipinski definition) is 0. The predicted molar refractivity (Wildman–Crippen MR) is 73.4 cm³/mol. The lowest BCUT2D eigenvalue weighted by Gasteiger charge is -2.16. The molecule has 3 nitrogen and oxygen atoms in total. The van der Waals surface area contributed by atoms with E-state index >= 15 is 0 Å². The summed E-state index contributed by atoms with van der Waals surface area (Å²) in [4.78, 5) is 17.7. The minimum Gasteiger partial charge on any atom is -0.310 e. The van der Waals surface area contributed by atoms with E-state index in [1.54, 1.807) is 7.05 Å². The number of pyridine rings is 1. The maximum Gasteiger partial charge on any atom is 0.276 e. The molecule has 2 rings (SSSR count). The van der Waals surface area contributed by atoms with Crippen molar-refractivity contribution in [3.63, 3.8) is 0 Å². The summed E-state index contributed by atoms with van der Waals surface area (Å²) in [6.45, 7) is 0. The largest absolute Gasteiger partial charge is 0.310 e. The van der Waals surface area contributed by atoms with Crippen molar-refractivity contribution in [2.75, 3.05) is 11.9 Å². The monoisotopic (exact) mass is 280 g/mol. The van der Waals surface area contributed by atoms with Gasteiger partial charge in [0.2, 0.25) is 0 Å². The van der Waals surface area contributed by atoms with Crippen molar-refractivity contribution in [1.82, 2.24) is 4.98 Å². The average Bonchev–Trinajstić information content (AvgIpc) is 2.37. The first-order valence-corrected chi connectivity index (χ1v) is 6.00. The average molecular weight is 281 g/mol. The molecule has 92 valence electrons. The Morgan fingerprint density at radius 2 is 1.83 bits per heavy atom. The van der Waals surface area contributed by atoms with Crippen molar-refractivity contribution < 1.29 is 4.79 Å². The second-order valence-electron chi connectivity index (χ2n) is 3.69. The zero-order valence-electron chi connectivity index (χ0n) is 9.60. The molecule has 5 heteroatoms. The molecular weight excluding hydrogens is 271 g/mol. The molecule has 0 aliphatic heterocycles. The number of halogens is 2. The number of carbonyl (C=O) groups excluding carboxylic acids is 1. The van der Waals surface area contributed by atoms with Crippen LogP contribution in [0.2, 0.25) is 10.2 Å². The minimum absolute atomic E-state index is 0.201. The summed E-state index contributed by atoms with van der Waals surface area (Å²) in [6.07, 6.45) is 0. The van der Waals surface area contributed by atoms with Crippen LogP contribution in [0.25, 0.3) is 0 Å². The van der Waals surface area contributed by atoms with Gasteiger partial charge in [-0.15, -0.1) is 0 Å². The Kier molecular flexibility index (Phi) is 3.84. The third-order valence-electron chi connectivity index (χ3n) is 2.43. The van der Waals surface area contributed by atoms with Crippen molar-refractivity contribution in [1.29, 1.82) is 0 Å². The van der Waals surface area contributed by atoms with Crippen molar-refractivity contribution in [2.24, 2.45) is 0 Å². The molecule has 1 aromatic heterocycles. The number of amides is 1. The SMILES string of the molecule is CN(C(=O)c1cc(Cl)cc(Cl)n1)c1ccccc1. The lowest BCUT2D eigenvalue weighted by molar-refractivity contribution is 0.0988. The molecule has 2 aromatic rings. The van der Waals surface area contributed by atoms with Crippen LogP contribution in [0, 0.1) is 0 Å². The van der Waals surface area contributed by atoms with Crippen LogP contribution < -0.4 is 4.90 Å². The zero-order chi connectivity index (χ0) is 13.1. The van der Waals surface area contributed by atoms with E-state index in [0.29, 0.717) is 5.02 Å². The second-order valence-corrected chi connectivity index (χ2v) is 4.52. The fourth-order valence-electron chi connectivity index (χ4n) is 1.52. The minimum atomic E-state index is -0.259. The Bertz CT molecular complexity index is 552. The van der Waals surface area contributed by atoms with E-state index < -0.39 is 0 Å². The van der Waals surface area contributed by atoms with Crippen LogP contribution in [0.1, 0.15) is 10.5 Å². The van der Waals surface area contributed by atoms with E-state index in [4.69, 9.17) is 23.2 Å². The van der Waals surface area contributed by atoms with E-state index in [2.05, 4.69) is 4.98 Å². The smallest absolute Gasteiger partial charge is 0.276 e. The molecule has 0 N–H and O–H groups in total. The molecule has 0 radical (unpaired) electrons. The first-order valence-electron chi connectivity index (χ1n) is 5.24. The van der Waals surface area contributed by atoms with Crippen LogP contribution in [0.4, 0.5) is 5.69 Å². The van der Waals surface area contributed by atoms with Crippen molar-refractivity contribution >= 4 is 34.8 Å². The third kappa shape index (κ3) is 2.81. The van der Waals surface area contributed by atoms with Crippen LogP contribution in [0.15, 0.2) is 42.5 Å². The van der Waals surface area contributed by atoms with Crippen LogP contribution in [0.5, 0.6) is 0 Å². The topological polar surface area (TPSA) is 33.2 Å². The zero-order valence-corrected chi connectivity index (χ0v) is 11.1. The lowest BCUT2D eigenvalue weighted by atomic mass is 10.2. The number of nitrogens with zero attached hydrogens (tertiary/aromatic N) is 2. The van der Waals surface area contributed by atoms with E-state index in [1.807, 2.05) is 30.3 Å². The fraction of sp³-hybridized carbons (Fsp3) is 0.0769. The fourth-order valence-corrected chi connectivity index (χ4v) is 1.99. The van der Waals surface area contributed by atoms with Crippen molar-refractivity contribution in [3.8, 4) is 0 Å². The predicted octanol–water partition coefficient (Wildman–Crippen LogP) is 3.67. The standard InChI is InChI=1S/C13H10Cl2N2O/c1-17(10-5-3-2-4-6-10)13(18)11-7-9(14)8-12(15)16-11/h2-8H,1H3. The molecular formula is C13H10Cl2N2O. The molecule has 18 heavy (non-hydrogen) atoms. The highest BCUT2D eigenvalue weighted by Gasteiger charge is 2.15. The van der Waals surface area contributed by atoms with Gasteiger partial charge in [-0.25, -0.2) is 4.98 Å². The molecule has 0 aliphatic rings. The quantitative estimate of drug-likeness (QED) is 0.787. The van der Waals surface area contributed by atoms with Crippen LogP contribution in [-0.4, -0.2) is 17.9 Å². The van der Waals surface area contributed by atoms with Gasteiger partial charge in [0.25, 0.3) is 5.91 Å². The molecule has 0 fully saturated rings. The number of para-hydroxylation sites is 1. The Labute approximate surface area is 115 Å². The van der Waals surface area contributed by atoms with E-state index in [-0.39, 0.29) is 16.8 Å². The van der Waals surface area contributed by atoms with Gasteiger partial charge >= 0.3 is 0 Å². The lowest BCUT2D eigenvalue weighted by Crippen LogP contribution is -2.27. The number of benzene rings is 1. The summed E-state index contributed by atoms with van der Waals surface area (Å²) in [5.41, 5.74) is 0.999. The van der Waals surface area contributed by atoms with Crippen molar-refractivity contribution in [2.45, 2.75) is 0 Å². The molecule has 0 spiro atoms. The van der Waals surface area contributed by atoms with Gasteiger partial charge in [0.15, 0.2) is 0 Å². The molecule has 1 heterocycles. The second kappa shape index (κ2) is 5.38. The first-order chi connectivity index (χ1) is 8.58. The summed E-state index contributed by atoms with van der Waals surface area (Å²) in [7, 11) is 1.67. The Hall–Kier alpha value is -1.58. The van der Waals surface area contributed by atoms with E-state index in [1.165, 1.54) is 17.0 Å². The van der Waals surface area contributed by atoms with Gasteiger partial charge in [0.1, 0.15) is 10.8 Å². The molecule has 0 saturated heterocycles. The first kappa shape index (κ1) is 12.9. The van der Waals surface area contributed by atoms with Crippen molar-refractivity contribution in [3.05, 3.63) is 58.3 Å². The summed E-state index contributed by atoms with van der Waals surface area (Å²) in [6, 6.07) is 12.3. The van der Waals surface area contributed by atoms with Gasteiger partial charge in [0.05, 0.1) is 0 Å². The molecule has 0 aliphatic carbocycles. The summed E-state index contributed by atoms with van der Waals surface area (Å²) in [5, 5.41) is 0.590. The highest BCUT2D eigenvalue weighted by Crippen LogP contribution is 2.19. The number of rotatable bonds is 2. The number of aromatic nitrogens is 1.